The fourth-order valence-corrected chi connectivity index (χ4v) is 4.20. The molecule has 0 aliphatic carbocycles. The molecule has 31 heavy (non-hydrogen) atoms. The quantitative estimate of drug-likeness (QED) is 0.210. The number of hydrogen-bond donors (Lipinski definition) is 2. The van der Waals surface area contributed by atoms with Crippen LogP contribution in [0.5, 0.6) is 11.8 Å². The molecule has 2 N–H and O–H groups in total. The number of aromatic nitrogens is 1. The van der Waals surface area contributed by atoms with Gasteiger partial charge in [-0.05, 0) is 18.2 Å². The number of carbonyl (C=O) groups excluding carboxylic acids is 2. The van der Waals surface area contributed by atoms with Crippen molar-refractivity contribution in [3.8, 4) is 17.4 Å². The average molecular weight is 495 g/mol. The molecule has 162 valence electrons. The van der Waals surface area contributed by atoms with Gasteiger partial charge < -0.3 is 24.4 Å². The van der Waals surface area contributed by atoms with Gasteiger partial charge in [0.05, 0.1) is 16.1 Å². The average Bonchev–Trinajstić information content (AvgIpc) is 3.32. The highest BCUT2D eigenvalue weighted by atomic mass is 79.9. The lowest BCUT2D eigenvalue weighted by Crippen LogP contribution is -2.42. The smallest absolute Gasteiger partial charge is 0.305 e. The van der Waals surface area contributed by atoms with Crippen LogP contribution in [0.3, 0.4) is 0 Å². The normalized spacial score (nSPS) is 20.7. The van der Waals surface area contributed by atoms with Crippen LogP contribution in [0, 0.1) is 10.1 Å². The molecule has 1 aromatic carbocycles. The molecule has 0 spiro atoms. The molecule has 0 saturated carbocycles. The molecular formula is C19H15BrN2O9. The van der Waals surface area contributed by atoms with Crippen LogP contribution in [0.15, 0.2) is 34.8 Å². The van der Waals surface area contributed by atoms with Crippen LogP contribution in [0.4, 0.5) is 5.69 Å². The SMILES string of the molecule is CC(=O)OC(OC(C)=O)C12C=CC(O1)c1c2c(O)n(-c2ccc(Br)cc2[N+](=O)[O-])c1O. The lowest BCUT2D eigenvalue weighted by Gasteiger charge is -2.31. The third kappa shape index (κ3) is 3.06. The summed E-state index contributed by atoms with van der Waals surface area (Å²) in [6.45, 7) is 2.21. The summed E-state index contributed by atoms with van der Waals surface area (Å²) in [6, 6.07) is 4.07. The lowest BCUT2D eigenvalue weighted by atomic mass is 9.89. The molecule has 0 radical (unpaired) electrons. The molecule has 0 fully saturated rings. The van der Waals surface area contributed by atoms with Crippen molar-refractivity contribution < 1.29 is 38.9 Å². The van der Waals surface area contributed by atoms with Crippen molar-refractivity contribution in [3.63, 3.8) is 0 Å². The van der Waals surface area contributed by atoms with Gasteiger partial charge in [-0.1, -0.05) is 22.0 Å². The van der Waals surface area contributed by atoms with Gasteiger partial charge >= 0.3 is 11.9 Å². The standard InChI is InChI=1S/C19H15BrN2O9/c1-8(23)29-18(30-9(2)24)19-6-5-13(31-19)14-15(19)17(26)21(16(14)25)11-4-3-10(20)7-12(11)22(27)28/h3-7,13,18,25-26H,1-2H3. The van der Waals surface area contributed by atoms with E-state index in [1.165, 1.54) is 30.4 Å². The summed E-state index contributed by atoms with van der Waals surface area (Å²) in [7, 11) is 0. The summed E-state index contributed by atoms with van der Waals surface area (Å²) in [4.78, 5) is 34.1. The van der Waals surface area contributed by atoms with Gasteiger partial charge in [0.15, 0.2) is 5.60 Å². The monoisotopic (exact) mass is 494 g/mol. The zero-order valence-electron chi connectivity index (χ0n) is 16.1. The molecule has 2 aliphatic rings. The van der Waals surface area contributed by atoms with Crippen LogP contribution in [-0.4, -0.2) is 37.9 Å². The number of nitro groups is 1. The molecule has 2 unspecified atom stereocenters. The number of hydrogen-bond acceptors (Lipinski definition) is 9. The zero-order chi connectivity index (χ0) is 22.7. The maximum absolute atomic E-state index is 11.6. The minimum Gasteiger partial charge on any atom is -0.494 e. The maximum atomic E-state index is 11.6. The number of ether oxygens (including phenoxy) is 3. The largest absolute Gasteiger partial charge is 0.494 e. The molecule has 12 heteroatoms. The third-order valence-electron chi connectivity index (χ3n) is 4.94. The van der Waals surface area contributed by atoms with E-state index >= 15 is 0 Å². The van der Waals surface area contributed by atoms with Crippen molar-refractivity contribution in [1.82, 2.24) is 4.57 Å². The second-order valence-electron chi connectivity index (χ2n) is 6.90. The maximum Gasteiger partial charge on any atom is 0.305 e. The Labute approximate surface area is 182 Å². The van der Waals surface area contributed by atoms with E-state index in [1.807, 2.05) is 0 Å². The van der Waals surface area contributed by atoms with Gasteiger partial charge in [0, 0.05) is 24.4 Å². The first-order valence-electron chi connectivity index (χ1n) is 8.89. The van der Waals surface area contributed by atoms with E-state index in [4.69, 9.17) is 14.2 Å². The number of nitrogens with zero attached hydrogens (tertiary/aromatic N) is 2. The molecule has 2 bridgehead atoms. The first-order valence-corrected chi connectivity index (χ1v) is 9.69. The second-order valence-corrected chi connectivity index (χ2v) is 7.82. The van der Waals surface area contributed by atoms with Crippen LogP contribution < -0.4 is 0 Å². The van der Waals surface area contributed by atoms with Crippen LogP contribution >= 0.6 is 15.9 Å². The van der Waals surface area contributed by atoms with Crippen molar-refractivity contribution in [2.24, 2.45) is 0 Å². The topological polar surface area (TPSA) is 150 Å². The number of carbonyl (C=O) groups is 2. The predicted octanol–water partition coefficient (Wildman–Crippen LogP) is 2.85. The van der Waals surface area contributed by atoms with Crippen LogP contribution in [0.1, 0.15) is 31.1 Å². The molecular weight excluding hydrogens is 480 g/mol. The minimum atomic E-state index is -1.74. The van der Waals surface area contributed by atoms with Gasteiger partial charge in [0.2, 0.25) is 11.8 Å². The first kappa shape index (κ1) is 20.9. The first-order chi connectivity index (χ1) is 14.6. The Hall–Kier alpha value is -3.38. The number of fused-ring (bicyclic) bond motifs is 5. The van der Waals surface area contributed by atoms with Crippen LogP contribution in [0.25, 0.3) is 5.69 Å². The number of esters is 2. The van der Waals surface area contributed by atoms with E-state index in [1.54, 1.807) is 0 Å². The van der Waals surface area contributed by atoms with E-state index < -0.39 is 46.6 Å². The molecule has 4 rings (SSSR count). The van der Waals surface area contributed by atoms with Crippen molar-refractivity contribution >= 4 is 33.6 Å². The van der Waals surface area contributed by atoms with E-state index in [0.717, 1.165) is 18.4 Å². The summed E-state index contributed by atoms with van der Waals surface area (Å²) in [5.41, 5.74) is -2.15. The van der Waals surface area contributed by atoms with E-state index in [2.05, 4.69) is 15.9 Å². The van der Waals surface area contributed by atoms with Gasteiger partial charge in [-0.15, -0.1) is 0 Å². The Kier molecular flexibility index (Phi) is 4.78. The molecule has 2 aliphatic heterocycles. The minimum absolute atomic E-state index is 0.0257. The van der Waals surface area contributed by atoms with Gasteiger partial charge in [0.25, 0.3) is 12.0 Å². The fraction of sp³-hybridized carbons (Fsp3) is 0.263. The molecule has 0 saturated heterocycles. The third-order valence-corrected chi connectivity index (χ3v) is 5.44. The Morgan fingerprint density at radius 2 is 1.90 bits per heavy atom. The molecule has 2 atom stereocenters. The van der Waals surface area contributed by atoms with E-state index in [0.29, 0.717) is 4.47 Å². The van der Waals surface area contributed by atoms with Gasteiger partial charge in [-0.2, -0.15) is 0 Å². The Bertz CT molecular complexity index is 1160. The van der Waals surface area contributed by atoms with Crippen LogP contribution in [-0.2, 0) is 29.4 Å². The molecule has 0 amide bonds. The molecule has 11 nitrogen and oxygen atoms in total. The second kappa shape index (κ2) is 7.10. The van der Waals surface area contributed by atoms with Crippen molar-refractivity contribution in [2.75, 3.05) is 0 Å². The number of rotatable bonds is 5. The van der Waals surface area contributed by atoms with Gasteiger partial charge in [0.1, 0.15) is 11.8 Å². The molecule has 3 heterocycles. The summed E-state index contributed by atoms with van der Waals surface area (Å²) < 4.78 is 17.4. The fourth-order valence-electron chi connectivity index (χ4n) is 3.85. The summed E-state index contributed by atoms with van der Waals surface area (Å²) in [5.74, 6) is -2.64. The molecule has 2 aromatic rings. The number of benzene rings is 1. The molecule has 1 aromatic heterocycles. The Balaban J connectivity index is 1.94. The van der Waals surface area contributed by atoms with Gasteiger partial charge in [-0.3, -0.25) is 19.7 Å². The van der Waals surface area contributed by atoms with E-state index in [9.17, 15) is 29.9 Å². The number of halogens is 1. The highest BCUT2D eigenvalue weighted by Crippen LogP contribution is 2.60. The van der Waals surface area contributed by atoms with Crippen LogP contribution in [0.2, 0.25) is 0 Å². The Morgan fingerprint density at radius 1 is 1.26 bits per heavy atom. The van der Waals surface area contributed by atoms with Crippen molar-refractivity contribution in [1.29, 1.82) is 0 Å². The summed E-state index contributed by atoms with van der Waals surface area (Å²) >= 11 is 3.16. The number of nitro benzene ring substituents is 1. The zero-order valence-corrected chi connectivity index (χ0v) is 17.7. The van der Waals surface area contributed by atoms with Crippen molar-refractivity contribution in [2.45, 2.75) is 31.8 Å². The number of aromatic hydroxyl groups is 2. The predicted molar refractivity (Wildman–Crippen MR) is 105 cm³/mol. The summed E-state index contributed by atoms with van der Waals surface area (Å²) in [5, 5.41) is 33.5. The summed E-state index contributed by atoms with van der Waals surface area (Å²) in [6.07, 6.45) is 0.494. The van der Waals surface area contributed by atoms with E-state index in [-0.39, 0.29) is 22.5 Å². The van der Waals surface area contributed by atoms with Crippen molar-refractivity contribution in [3.05, 3.63) is 56.1 Å². The lowest BCUT2D eigenvalue weighted by molar-refractivity contribution is -0.384. The highest BCUT2D eigenvalue weighted by molar-refractivity contribution is 9.10. The highest BCUT2D eigenvalue weighted by Gasteiger charge is 2.60. The van der Waals surface area contributed by atoms with Gasteiger partial charge in [-0.25, -0.2) is 4.57 Å². The Morgan fingerprint density at radius 3 is 2.48 bits per heavy atom.